The van der Waals surface area contributed by atoms with Crippen LogP contribution in [0.2, 0.25) is 0 Å². The third kappa shape index (κ3) is 7.76. The highest BCUT2D eigenvalue weighted by Crippen LogP contribution is 2.12. The summed E-state index contributed by atoms with van der Waals surface area (Å²) in [6, 6.07) is 0. The smallest absolute Gasteiger partial charge is 0.267 e. The topological polar surface area (TPSA) is 74.6 Å². The van der Waals surface area contributed by atoms with Crippen LogP contribution in [0.25, 0.3) is 0 Å². The molecule has 0 radical (unpaired) electrons. The van der Waals surface area contributed by atoms with Crippen LogP contribution in [0.15, 0.2) is 0 Å². The SMILES string of the molecule is CCCCC(O)CCCC(C)S(=O)(=O)O. The molecule has 0 fully saturated rings. The maximum Gasteiger partial charge on any atom is 0.267 e. The largest absolute Gasteiger partial charge is 0.393 e. The zero-order chi connectivity index (χ0) is 11.9. The minimum atomic E-state index is -3.90. The van der Waals surface area contributed by atoms with Crippen molar-refractivity contribution < 1.29 is 18.1 Å². The first-order valence-corrected chi connectivity index (χ1v) is 7.02. The Hall–Kier alpha value is -0.130. The molecule has 15 heavy (non-hydrogen) atoms. The van der Waals surface area contributed by atoms with Gasteiger partial charge in [-0.05, 0) is 32.6 Å². The van der Waals surface area contributed by atoms with Gasteiger partial charge in [0.2, 0.25) is 0 Å². The van der Waals surface area contributed by atoms with E-state index in [0.717, 1.165) is 19.3 Å². The molecular formula is C10H22O4S. The molecule has 0 aliphatic carbocycles. The van der Waals surface area contributed by atoms with Crippen LogP contribution in [0.5, 0.6) is 0 Å². The van der Waals surface area contributed by atoms with Gasteiger partial charge < -0.3 is 5.11 Å². The van der Waals surface area contributed by atoms with Crippen LogP contribution in [0.1, 0.15) is 52.4 Å². The van der Waals surface area contributed by atoms with E-state index in [1.54, 1.807) is 0 Å². The van der Waals surface area contributed by atoms with Crippen LogP contribution in [0.3, 0.4) is 0 Å². The summed E-state index contributed by atoms with van der Waals surface area (Å²) >= 11 is 0. The van der Waals surface area contributed by atoms with Gasteiger partial charge >= 0.3 is 0 Å². The van der Waals surface area contributed by atoms with Crippen LogP contribution in [0.4, 0.5) is 0 Å². The van der Waals surface area contributed by atoms with E-state index in [2.05, 4.69) is 6.92 Å². The monoisotopic (exact) mass is 238 g/mol. The molecule has 0 aromatic carbocycles. The second kappa shape index (κ2) is 7.19. The Labute approximate surface area is 92.4 Å². The number of aliphatic hydroxyl groups is 1. The summed E-state index contributed by atoms with van der Waals surface area (Å²) in [6.45, 7) is 3.54. The summed E-state index contributed by atoms with van der Waals surface area (Å²) in [7, 11) is -3.90. The first-order chi connectivity index (χ1) is 6.88. The van der Waals surface area contributed by atoms with Crippen molar-refractivity contribution in [3.8, 4) is 0 Å². The minimum Gasteiger partial charge on any atom is -0.393 e. The minimum absolute atomic E-state index is 0.335. The van der Waals surface area contributed by atoms with Gasteiger partial charge in [0.1, 0.15) is 0 Å². The summed E-state index contributed by atoms with van der Waals surface area (Å²) in [5.41, 5.74) is 0. The predicted molar refractivity (Wildman–Crippen MR) is 60.4 cm³/mol. The van der Waals surface area contributed by atoms with E-state index in [0.29, 0.717) is 19.3 Å². The Morgan fingerprint density at radius 3 is 2.13 bits per heavy atom. The molecule has 0 spiro atoms. The van der Waals surface area contributed by atoms with E-state index in [1.165, 1.54) is 6.92 Å². The van der Waals surface area contributed by atoms with Crippen molar-refractivity contribution in [1.82, 2.24) is 0 Å². The summed E-state index contributed by atoms with van der Waals surface area (Å²) in [6.07, 6.45) is 4.14. The second-order valence-electron chi connectivity index (χ2n) is 4.05. The van der Waals surface area contributed by atoms with Crippen LogP contribution in [-0.4, -0.2) is 29.4 Å². The molecular weight excluding hydrogens is 216 g/mol. The summed E-state index contributed by atoms with van der Waals surface area (Å²) in [5.74, 6) is 0. The van der Waals surface area contributed by atoms with Crippen molar-refractivity contribution >= 4 is 10.1 Å². The number of aliphatic hydroxyl groups excluding tert-OH is 1. The summed E-state index contributed by atoms with van der Waals surface area (Å²) < 4.78 is 30.0. The lowest BCUT2D eigenvalue weighted by Gasteiger charge is -2.11. The molecule has 0 aliphatic heterocycles. The van der Waals surface area contributed by atoms with Gasteiger partial charge in [-0.15, -0.1) is 0 Å². The van der Waals surface area contributed by atoms with Crippen molar-refractivity contribution in [2.24, 2.45) is 0 Å². The molecule has 2 N–H and O–H groups in total. The maximum atomic E-state index is 10.7. The highest BCUT2D eigenvalue weighted by Gasteiger charge is 2.16. The number of hydrogen-bond acceptors (Lipinski definition) is 3. The fourth-order valence-electron chi connectivity index (χ4n) is 1.37. The molecule has 0 rings (SSSR count). The normalized spacial score (nSPS) is 16.3. The molecule has 0 heterocycles. The van der Waals surface area contributed by atoms with Gasteiger partial charge in [-0.2, -0.15) is 8.42 Å². The molecule has 0 saturated carbocycles. The van der Waals surface area contributed by atoms with Gasteiger partial charge in [-0.25, -0.2) is 0 Å². The Bertz CT molecular complexity index is 248. The first kappa shape index (κ1) is 14.9. The van der Waals surface area contributed by atoms with Crippen LogP contribution in [-0.2, 0) is 10.1 Å². The molecule has 4 nitrogen and oxygen atoms in total. The molecule has 5 heteroatoms. The molecule has 0 aliphatic rings. The van der Waals surface area contributed by atoms with E-state index in [9.17, 15) is 13.5 Å². The lowest BCUT2D eigenvalue weighted by Crippen LogP contribution is -2.17. The molecule has 0 saturated heterocycles. The molecule has 2 atom stereocenters. The average Bonchev–Trinajstić information content (AvgIpc) is 2.13. The quantitative estimate of drug-likeness (QED) is 0.634. The van der Waals surface area contributed by atoms with Crippen molar-refractivity contribution in [2.75, 3.05) is 0 Å². The molecule has 92 valence electrons. The molecule has 0 aromatic heterocycles. The molecule has 0 bridgehead atoms. The highest BCUT2D eigenvalue weighted by atomic mass is 32.2. The van der Waals surface area contributed by atoms with Gasteiger partial charge in [0.15, 0.2) is 0 Å². The van der Waals surface area contributed by atoms with Gasteiger partial charge in [0.25, 0.3) is 10.1 Å². The number of hydrogen-bond donors (Lipinski definition) is 2. The fourth-order valence-corrected chi connectivity index (χ4v) is 1.84. The lowest BCUT2D eigenvalue weighted by molar-refractivity contribution is 0.148. The lowest BCUT2D eigenvalue weighted by atomic mass is 10.1. The van der Waals surface area contributed by atoms with Gasteiger partial charge in [0.05, 0.1) is 11.4 Å². The predicted octanol–water partition coefficient (Wildman–Crippen LogP) is 1.98. The van der Waals surface area contributed by atoms with E-state index >= 15 is 0 Å². The number of rotatable bonds is 8. The maximum absolute atomic E-state index is 10.7. The zero-order valence-corrected chi connectivity index (χ0v) is 10.3. The van der Waals surface area contributed by atoms with Gasteiger partial charge in [-0.3, -0.25) is 4.55 Å². The van der Waals surface area contributed by atoms with Crippen LogP contribution in [0, 0.1) is 0 Å². The first-order valence-electron chi connectivity index (χ1n) is 5.52. The van der Waals surface area contributed by atoms with E-state index in [1.807, 2.05) is 0 Å². The Morgan fingerprint density at radius 2 is 1.67 bits per heavy atom. The van der Waals surface area contributed by atoms with E-state index in [4.69, 9.17) is 4.55 Å². The Morgan fingerprint density at radius 1 is 1.13 bits per heavy atom. The van der Waals surface area contributed by atoms with E-state index in [-0.39, 0.29) is 6.10 Å². The third-order valence-corrected chi connectivity index (χ3v) is 3.80. The second-order valence-corrected chi connectivity index (χ2v) is 5.89. The highest BCUT2D eigenvalue weighted by molar-refractivity contribution is 7.86. The van der Waals surface area contributed by atoms with Crippen LogP contribution >= 0.6 is 0 Å². The number of unbranched alkanes of at least 4 members (excludes halogenated alkanes) is 1. The molecule has 2 unspecified atom stereocenters. The van der Waals surface area contributed by atoms with E-state index < -0.39 is 15.4 Å². The summed E-state index contributed by atoms with van der Waals surface area (Å²) in [5, 5.41) is 8.76. The average molecular weight is 238 g/mol. The summed E-state index contributed by atoms with van der Waals surface area (Å²) in [4.78, 5) is 0. The van der Waals surface area contributed by atoms with Crippen LogP contribution < -0.4 is 0 Å². The standard InChI is InChI=1S/C10H22O4S/c1-3-4-7-10(11)8-5-6-9(2)15(12,13)14/h9-11H,3-8H2,1-2H3,(H,12,13,14). The van der Waals surface area contributed by atoms with Crippen molar-refractivity contribution in [1.29, 1.82) is 0 Å². The third-order valence-electron chi connectivity index (χ3n) is 2.55. The Balaban J connectivity index is 3.61. The molecule has 0 aromatic rings. The fraction of sp³-hybridized carbons (Fsp3) is 1.00. The zero-order valence-electron chi connectivity index (χ0n) is 9.52. The Kier molecular flexibility index (Phi) is 7.13. The van der Waals surface area contributed by atoms with Crippen molar-refractivity contribution in [3.05, 3.63) is 0 Å². The van der Waals surface area contributed by atoms with Crippen molar-refractivity contribution in [3.63, 3.8) is 0 Å². The van der Waals surface area contributed by atoms with Gasteiger partial charge in [-0.1, -0.05) is 19.8 Å². The van der Waals surface area contributed by atoms with Crippen molar-refractivity contribution in [2.45, 2.75) is 63.7 Å². The van der Waals surface area contributed by atoms with Gasteiger partial charge in [0, 0.05) is 0 Å². The molecule has 0 amide bonds.